The van der Waals surface area contributed by atoms with E-state index in [-0.39, 0.29) is 11.5 Å². The number of esters is 1. The maximum absolute atomic E-state index is 12.4. The van der Waals surface area contributed by atoms with Crippen LogP contribution in [0.1, 0.15) is 63.4 Å². The van der Waals surface area contributed by atoms with Crippen molar-refractivity contribution >= 4 is 11.8 Å². The highest BCUT2D eigenvalue weighted by atomic mass is 16.5. The molecule has 1 aliphatic carbocycles. The first-order chi connectivity index (χ1) is 11.0. The number of aromatic amines is 1. The predicted octanol–water partition coefficient (Wildman–Crippen LogP) is 3.33. The lowest BCUT2D eigenvalue weighted by atomic mass is 10.0. The summed E-state index contributed by atoms with van der Waals surface area (Å²) in [6.07, 6.45) is 1.40. The second kappa shape index (κ2) is 5.99. The van der Waals surface area contributed by atoms with Crippen LogP contribution in [0.25, 0.3) is 0 Å². The van der Waals surface area contributed by atoms with Crippen LogP contribution in [0.3, 0.4) is 0 Å². The second-order valence-corrected chi connectivity index (χ2v) is 6.19. The number of carbonyl (C=O) groups excluding carboxylic acids is 2. The maximum atomic E-state index is 12.4. The highest BCUT2D eigenvalue weighted by Crippen LogP contribution is 2.39. The number of Topliss-reactive ketones (excluding diaryl/α,β-unsaturated/α-hetero) is 1. The Kier molecular flexibility index (Phi) is 4.03. The molecule has 1 atom stereocenters. The van der Waals surface area contributed by atoms with Crippen molar-refractivity contribution in [1.82, 2.24) is 10.2 Å². The van der Waals surface area contributed by atoms with Gasteiger partial charge in [-0.25, -0.2) is 4.79 Å². The minimum atomic E-state index is -0.842. The van der Waals surface area contributed by atoms with E-state index in [1.807, 2.05) is 26.0 Å². The molecule has 0 spiro atoms. The zero-order valence-corrected chi connectivity index (χ0v) is 13.6. The molecule has 2 aromatic rings. The fraction of sp³-hybridized carbons (Fsp3) is 0.389. The Hall–Kier alpha value is -2.43. The number of ether oxygens (including phenoxy) is 1. The number of carbonyl (C=O) groups is 2. The maximum Gasteiger partial charge on any atom is 0.359 e. The SMILES string of the molecule is Cc1ccc(C(=O)C(C)OC(=O)c2cc(C3CC3)[nH]n2)cc1C. The fourth-order valence-electron chi connectivity index (χ4n) is 2.45. The van der Waals surface area contributed by atoms with Gasteiger partial charge in [0.2, 0.25) is 5.78 Å². The van der Waals surface area contributed by atoms with E-state index in [4.69, 9.17) is 4.74 Å². The Balaban J connectivity index is 1.66. The summed E-state index contributed by atoms with van der Waals surface area (Å²) in [4.78, 5) is 24.5. The molecule has 1 saturated carbocycles. The molecule has 0 saturated heterocycles. The summed E-state index contributed by atoms with van der Waals surface area (Å²) >= 11 is 0. The summed E-state index contributed by atoms with van der Waals surface area (Å²) in [5.74, 6) is -0.295. The van der Waals surface area contributed by atoms with Gasteiger partial charge in [-0.1, -0.05) is 12.1 Å². The number of ketones is 1. The van der Waals surface area contributed by atoms with Crippen LogP contribution in [0.15, 0.2) is 24.3 Å². The lowest BCUT2D eigenvalue weighted by Gasteiger charge is -2.12. The van der Waals surface area contributed by atoms with E-state index in [0.717, 1.165) is 29.7 Å². The van der Waals surface area contributed by atoms with Crippen molar-refractivity contribution < 1.29 is 14.3 Å². The molecular formula is C18H20N2O3. The first kappa shape index (κ1) is 15.5. The molecule has 23 heavy (non-hydrogen) atoms. The summed E-state index contributed by atoms with van der Waals surface area (Å²) in [5.41, 5.74) is 3.90. The molecule has 0 bridgehead atoms. The number of aryl methyl sites for hydroxylation is 2. The van der Waals surface area contributed by atoms with Crippen LogP contribution >= 0.6 is 0 Å². The Morgan fingerprint density at radius 3 is 2.61 bits per heavy atom. The Labute approximate surface area is 135 Å². The van der Waals surface area contributed by atoms with Gasteiger partial charge in [-0.05, 0) is 56.9 Å². The van der Waals surface area contributed by atoms with Crippen LogP contribution in [0.2, 0.25) is 0 Å². The minimum absolute atomic E-state index is 0.209. The molecule has 5 nitrogen and oxygen atoms in total. The summed E-state index contributed by atoms with van der Waals surface area (Å²) < 4.78 is 5.27. The van der Waals surface area contributed by atoms with Gasteiger partial charge in [0.1, 0.15) is 0 Å². The van der Waals surface area contributed by atoms with Gasteiger partial charge in [-0.15, -0.1) is 0 Å². The Morgan fingerprint density at radius 1 is 1.22 bits per heavy atom. The lowest BCUT2D eigenvalue weighted by Crippen LogP contribution is -2.24. The number of H-pyrrole nitrogens is 1. The van der Waals surface area contributed by atoms with Gasteiger partial charge in [0.25, 0.3) is 0 Å². The topological polar surface area (TPSA) is 72.1 Å². The molecule has 1 aromatic carbocycles. The van der Waals surface area contributed by atoms with Crippen molar-refractivity contribution in [3.05, 3.63) is 52.3 Å². The van der Waals surface area contributed by atoms with E-state index in [1.54, 1.807) is 19.1 Å². The van der Waals surface area contributed by atoms with Crippen molar-refractivity contribution in [2.75, 3.05) is 0 Å². The second-order valence-electron chi connectivity index (χ2n) is 6.19. The van der Waals surface area contributed by atoms with Crippen molar-refractivity contribution in [3.63, 3.8) is 0 Å². The van der Waals surface area contributed by atoms with Gasteiger partial charge in [0.15, 0.2) is 11.8 Å². The number of nitrogens with one attached hydrogen (secondary N) is 1. The fourth-order valence-corrected chi connectivity index (χ4v) is 2.45. The molecule has 0 amide bonds. The Bertz CT molecular complexity index is 759. The first-order valence-electron chi connectivity index (χ1n) is 7.83. The largest absolute Gasteiger partial charge is 0.449 e. The van der Waals surface area contributed by atoms with E-state index in [1.165, 1.54) is 0 Å². The van der Waals surface area contributed by atoms with Crippen molar-refractivity contribution in [1.29, 1.82) is 0 Å². The molecule has 1 N–H and O–H groups in total. The molecule has 3 rings (SSSR count). The van der Waals surface area contributed by atoms with Gasteiger partial charge in [0, 0.05) is 17.2 Å². The lowest BCUT2D eigenvalue weighted by molar-refractivity contribution is 0.0313. The molecule has 0 radical (unpaired) electrons. The molecule has 1 aromatic heterocycles. The highest BCUT2D eigenvalue weighted by Gasteiger charge is 2.28. The van der Waals surface area contributed by atoms with Crippen molar-refractivity contribution in [2.24, 2.45) is 0 Å². The summed E-state index contributed by atoms with van der Waals surface area (Å²) in [7, 11) is 0. The van der Waals surface area contributed by atoms with Crippen LogP contribution in [-0.2, 0) is 4.74 Å². The number of nitrogens with zero attached hydrogens (tertiary/aromatic N) is 1. The summed E-state index contributed by atoms with van der Waals surface area (Å²) in [6, 6.07) is 7.19. The molecule has 1 fully saturated rings. The molecule has 0 aliphatic heterocycles. The molecule has 1 unspecified atom stereocenters. The van der Waals surface area contributed by atoms with Crippen LogP contribution in [-0.4, -0.2) is 28.1 Å². The third kappa shape index (κ3) is 3.33. The number of hydrogen-bond acceptors (Lipinski definition) is 4. The van der Waals surface area contributed by atoms with Gasteiger partial charge in [-0.3, -0.25) is 9.89 Å². The Morgan fingerprint density at radius 2 is 1.96 bits per heavy atom. The van der Waals surface area contributed by atoms with Gasteiger partial charge < -0.3 is 4.74 Å². The highest BCUT2D eigenvalue weighted by molar-refractivity contribution is 6.01. The molecule has 5 heteroatoms. The molecular weight excluding hydrogens is 292 g/mol. The standard InChI is InChI=1S/C18H20N2O3/c1-10-4-5-14(8-11(10)2)17(21)12(3)23-18(22)16-9-15(19-20-16)13-6-7-13/h4-5,8-9,12-13H,6-7H2,1-3H3,(H,19,20). The van der Waals surface area contributed by atoms with Gasteiger partial charge in [-0.2, -0.15) is 5.10 Å². The van der Waals surface area contributed by atoms with Crippen LogP contribution in [0.4, 0.5) is 0 Å². The zero-order chi connectivity index (χ0) is 16.6. The van der Waals surface area contributed by atoms with Crippen LogP contribution in [0.5, 0.6) is 0 Å². The summed E-state index contributed by atoms with van der Waals surface area (Å²) in [5, 5.41) is 6.84. The monoisotopic (exact) mass is 312 g/mol. The zero-order valence-electron chi connectivity index (χ0n) is 13.6. The number of benzene rings is 1. The third-order valence-corrected chi connectivity index (χ3v) is 4.27. The normalized spacial score (nSPS) is 15.3. The smallest absolute Gasteiger partial charge is 0.359 e. The van der Waals surface area contributed by atoms with Crippen molar-refractivity contribution in [3.8, 4) is 0 Å². The average molecular weight is 312 g/mol. The van der Waals surface area contributed by atoms with Crippen molar-refractivity contribution in [2.45, 2.75) is 45.6 Å². The quantitative estimate of drug-likeness (QED) is 0.679. The van der Waals surface area contributed by atoms with Crippen LogP contribution < -0.4 is 0 Å². The van der Waals surface area contributed by atoms with Gasteiger partial charge in [0.05, 0.1) is 0 Å². The van der Waals surface area contributed by atoms with E-state index < -0.39 is 12.1 Å². The van der Waals surface area contributed by atoms with E-state index >= 15 is 0 Å². The average Bonchev–Trinajstić information content (AvgIpc) is 3.26. The van der Waals surface area contributed by atoms with E-state index in [9.17, 15) is 9.59 Å². The molecule has 1 heterocycles. The summed E-state index contributed by atoms with van der Waals surface area (Å²) in [6.45, 7) is 5.53. The molecule has 120 valence electrons. The predicted molar refractivity (Wildman–Crippen MR) is 85.7 cm³/mol. The number of rotatable bonds is 5. The van der Waals surface area contributed by atoms with E-state index in [0.29, 0.717) is 11.5 Å². The molecule has 1 aliphatic rings. The third-order valence-electron chi connectivity index (χ3n) is 4.27. The number of hydrogen-bond donors (Lipinski definition) is 1. The van der Waals surface area contributed by atoms with Crippen LogP contribution in [0, 0.1) is 13.8 Å². The first-order valence-corrected chi connectivity index (χ1v) is 7.83. The minimum Gasteiger partial charge on any atom is -0.449 e. The van der Waals surface area contributed by atoms with Gasteiger partial charge >= 0.3 is 5.97 Å². The van der Waals surface area contributed by atoms with E-state index in [2.05, 4.69) is 10.2 Å². The number of aromatic nitrogens is 2.